The third-order valence-electron chi connectivity index (χ3n) is 4.73. The van der Waals surface area contributed by atoms with E-state index in [2.05, 4.69) is 9.73 Å². The monoisotopic (exact) mass is 501 g/mol. The van der Waals surface area contributed by atoms with Gasteiger partial charge in [0.1, 0.15) is 30.4 Å². The Morgan fingerprint density at radius 2 is 1.72 bits per heavy atom. The first-order valence-electron chi connectivity index (χ1n) is 12.3. The zero-order valence-electron chi connectivity index (χ0n) is 21.7. The number of carbonyl (C=O) groups is 1. The molecule has 36 heavy (non-hydrogen) atoms. The minimum Gasteiger partial charge on any atom is -0.478 e. The van der Waals surface area contributed by atoms with Crippen molar-refractivity contribution in [3.05, 3.63) is 89.8 Å². The number of halogens is 2. The van der Waals surface area contributed by atoms with E-state index in [1.807, 2.05) is 57.2 Å². The Morgan fingerprint density at radius 1 is 1.11 bits per heavy atom. The molecule has 7 heteroatoms. The molecular weight excluding hydrogens is 464 g/mol. The van der Waals surface area contributed by atoms with Crippen LogP contribution in [0.2, 0.25) is 0 Å². The Bertz CT molecular complexity index is 973. The van der Waals surface area contributed by atoms with Crippen molar-refractivity contribution in [3.63, 3.8) is 0 Å². The Balaban J connectivity index is 0.000000391. The molecule has 0 N–H and O–H groups in total. The lowest BCUT2D eigenvalue weighted by molar-refractivity contribution is 0.104. The molecule has 1 heterocycles. The number of ether oxygens (including phenoxy) is 3. The van der Waals surface area contributed by atoms with Crippen LogP contribution in [0.5, 0.6) is 5.75 Å². The van der Waals surface area contributed by atoms with Gasteiger partial charge >= 0.3 is 6.16 Å². The number of nitrogens with zero attached hydrogens (tertiary/aromatic N) is 1. The molecule has 0 aromatic heterocycles. The predicted molar refractivity (Wildman–Crippen MR) is 141 cm³/mol. The minimum atomic E-state index is -1.37. The average Bonchev–Trinajstić information content (AvgIpc) is 3.37. The van der Waals surface area contributed by atoms with Crippen molar-refractivity contribution in [2.75, 3.05) is 13.2 Å². The number of hydrogen-bond donors (Lipinski definition) is 0. The maximum absolute atomic E-state index is 14.0. The summed E-state index contributed by atoms with van der Waals surface area (Å²) in [6.07, 6.45) is 1.72. The molecule has 2 aromatic rings. The van der Waals surface area contributed by atoms with Crippen LogP contribution in [0.4, 0.5) is 13.6 Å². The quantitative estimate of drug-likeness (QED) is 0.207. The van der Waals surface area contributed by atoms with Gasteiger partial charge in [0.2, 0.25) is 0 Å². The third kappa shape index (κ3) is 11.3. The maximum Gasteiger partial charge on any atom is 0.513 e. The minimum absolute atomic E-state index is 0.0703. The molecule has 3 rings (SSSR count). The van der Waals surface area contributed by atoms with Crippen molar-refractivity contribution in [2.45, 2.75) is 59.7 Å². The van der Waals surface area contributed by atoms with Crippen LogP contribution >= 0.6 is 0 Å². The van der Waals surface area contributed by atoms with Gasteiger partial charge in [0, 0.05) is 5.57 Å². The largest absolute Gasteiger partial charge is 0.513 e. The summed E-state index contributed by atoms with van der Waals surface area (Å²) >= 11 is 0. The summed E-state index contributed by atoms with van der Waals surface area (Å²) in [6, 6.07) is 18.5. The zero-order valence-corrected chi connectivity index (χ0v) is 21.7. The Hall–Kier alpha value is -3.48. The van der Waals surface area contributed by atoms with Crippen molar-refractivity contribution >= 4 is 12.1 Å². The summed E-state index contributed by atoms with van der Waals surface area (Å²) in [7, 11) is 0. The number of para-hydroxylation sites is 1. The van der Waals surface area contributed by atoms with E-state index in [1.165, 1.54) is 13.0 Å². The van der Waals surface area contributed by atoms with Crippen LogP contribution in [0.15, 0.2) is 89.2 Å². The summed E-state index contributed by atoms with van der Waals surface area (Å²) in [5.74, 6) is 0.357. The zero-order chi connectivity index (χ0) is 26.8. The van der Waals surface area contributed by atoms with Gasteiger partial charge in [-0.1, -0.05) is 75.4 Å². The Morgan fingerprint density at radius 3 is 2.28 bits per heavy atom. The van der Waals surface area contributed by atoms with E-state index in [0.29, 0.717) is 31.3 Å². The van der Waals surface area contributed by atoms with E-state index in [1.54, 1.807) is 37.3 Å². The van der Waals surface area contributed by atoms with Crippen LogP contribution in [0, 0.1) is 0 Å². The van der Waals surface area contributed by atoms with Crippen molar-refractivity contribution in [1.29, 1.82) is 0 Å². The van der Waals surface area contributed by atoms with Crippen LogP contribution in [0.3, 0.4) is 0 Å². The van der Waals surface area contributed by atoms with Gasteiger partial charge in [-0.25, -0.2) is 18.6 Å². The van der Waals surface area contributed by atoms with E-state index in [0.717, 1.165) is 5.56 Å². The lowest BCUT2D eigenvalue weighted by Gasteiger charge is -2.09. The number of carbonyl (C=O) groups excluding carboxylic acids is 1. The third-order valence-corrected chi connectivity index (χ3v) is 4.73. The van der Waals surface area contributed by atoms with Gasteiger partial charge in [0.05, 0.1) is 13.0 Å². The number of rotatable bonds is 8. The summed E-state index contributed by atoms with van der Waals surface area (Å²) in [5, 5.41) is 0. The highest BCUT2D eigenvalue weighted by Gasteiger charge is 2.23. The maximum atomic E-state index is 14.0. The van der Waals surface area contributed by atoms with E-state index < -0.39 is 18.2 Å². The fraction of sp³-hybridized carbons (Fsp3) is 0.379. The molecule has 2 unspecified atom stereocenters. The molecule has 1 aliphatic rings. The summed E-state index contributed by atoms with van der Waals surface area (Å²) in [5.41, 5.74) is 1.12. The summed E-state index contributed by atoms with van der Waals surface area (Å²) in [6.45, 7) is 9.70. The number of alkyl halides is 1. The fourth-order valence-electron chi connectivity index (χ4n) is 3.00. The Kier molecular flexibility index (Phi) is 15.2. The highest BCUT2D eigenvalue weighted by molar-refractivity contribution is 5.80. The molecule has 0 amide bonds. The van der Waals surface area contributed by atoms with Crippen LogP contribution < -0.4 is 4.74 Å². The molecule has 0 aliphatic carbocycles. The summed E-state index contributed by atoms with van der Waals surface area (Å²) in [4.78, 5) is 15.2. The van der Waals surface area contributed by atoms with E-state index in [4.69, 9.17) is 9.47 Å². The molecule has 0 bridgehead atoms. The molecule has 2 aromatic carbocycles. The lowest BCUT2D eigenvalue weighted by Crippen LogP contribution is -2.09. The standard InChI is InChI=1S/C18H21F2NO.C9H10O3.C2H6/c1-3-4-10-16(20)15(13(2)19)11-18-21-17(12-22-18)14-8-6-5-7-9-14;1-2-11-9(10)12-8-6-4-3-5-7-8;1-2/h4-10,13,17H,3,11-12H2,1-2H3;3-7H,2H2,1H3;1-2H3/b10-4-,16-15+;;. The molecule has 0 radical (unpaired) electrons. The van der Waals surface area contributed by atoms with Crippen LogP contribution in [-0.2, 0) is 9.47 Å². The van der Waals surface area contributed by atoms with Gasteiger partial charge in [-0.05, 0) is 44.0 Å². The van der Waals surface area contributed by atoms with E-state index in [-0.39, 0.29) is 18.0 Å². The van der Waals surface area contributed by atoms with Crippen molar-refractivity contribution in [2.24, 2.45) is 4.99 Å². The number of allylic oxidation sites excluding steroid dienone is 3. The normalized spacial score (nSPS) is 15.8. The summed E-state index contributed by atoms with van der Waals surface area (Å²) < 4.78 is 42.6. The molecule has 0 spiro atoms. The highest BCUT2D eigenvalue weighted by atomic mass is 19.1. The molecule has 196 valence electrons. The van der Waals surface area contributed by atoms with Gasteiger partial charge in [-0.2, -0.15) is 0 Å². The number of hydrogen-bond acceptors (Lipinski definition) is 5. The average molecular weight is 502 g/mol. The molecule has 2 atom stereocenters. The SMILES string of the molecule is CC.CC/C=C\C(F)=C(\CC1=NC(c2ccccc2)CO1)C(C)F.CCOC(=O)Oc1ccccc1. The first-order chi connectivity index (χ1) is 17.4. The van der Waals surface area contributed by atoms with E-state index in [9.17, 15) is 13.6 Å². The first kappa shape index (κ1) is 30.6. The van der Waals surface area contributed by atoms with Crippen LogP contribution in [-0.4, -0.2) is 31.4 Å². The molecule has 0 fully saturated rings. The smallest absolute Gasteiger partial charge is 0.478 e. The molecular formula is C29H37F2NO4. The lowest BCUT2D eigenvalue weighted by atomic mass is 10.1. The van der Waals surface area contributed by atoms with Gasteiger partial charge < -0.3 is 14.2 Å². The topological polar surface area (TPSA) is 57.1 Å². The molecule has 5 nitrogen and oxygen atoms in total. The highest BCUT2D eigenvalue weighted by Crippen LogP contribution is 2.27. The van der Waals surface area contributed by atoms with Gasteiger partial charge in [0.25, 0.3) is 0 Å². The second-order valence-corrected chi connectivity index (χ2v) is 7.34. The number of aliphatic imine (C=N–C) groups is 1. The van der Waals surface area contributed by atoms with Gasteiger partial charge in [0.15, 0.2) is 5.90 Å². The first-order valence-corrected chi connectivity index (χ1v) is 12.3. The van der Waals surface area contributed by atoms with Crippen molar-refractivity contribution < 1.29 is 27.8 Å². The van der Waals surface area contributed by atoms with Crippen LogP contribution in [0.25, 0.3) is 0 Å². The van der Waals surface area contributed by atoms with Gasteiger partial charge in [-0.3, -0.25) is 0 Å². The van der Waals surface area contributed by atoms with Crippen molar-refractivity contribution in [1.82, 2.24) is 0 Å². The molecule has 1 aliphatic heterocycles. The van der Waals surface area contributed by atoms with Gasteiger partial charge in [-0.15, -0.1) is 0 Å². The number of benzene rings is 2. The predicted octanol–water partition coefficient (Wildman–Crippen LogP) is 8.34. The van der Waals surface area contributed by atoms with Crippen molar-refractivity contribution in [3.8, 4) is 5.75 Å². The second kappa shape index (κ2) is 17.9. The second-order valence-electron chi connectivity index (χ2n) is 7.34. The van der Waals surface area contributed by atoms with Crippen LogP contribution in [0.1, 0.15) is 59.1 Å². The molecule has 0 saturated carbocycles. The fourth-order valence-corrected chi connectivity index (χ4v) is 3.00. The molecule has 0 saturated heterocycles. The Labute approximate surface area is 213 Å². The van der Waals surface area contributed by atoms with E-state index >= 15 is 0 Å².